The van der Waals surface area contributed by atoms with Gasteiger partial charge < -0.3 is 9.84 Å². The van der Waals surface area contributed by atoms with Gasteiger partial charge in [0.25, 0.3) is 0 Å². The molecule has 0 spiro atoms. The monoisotopic (exact) mass is 282 g/mol. The molecule has 1 atom stereocenters. The third-order valence-electron chi connectivity index (χ3n) is 4.57. The van der Waals surface area contributed by atoms with Crippen molar-refractivity contribution < 1.29 is 9.84 Å². The van der Waals surface area contributed by atoms with Crippen LogP contribution in [0.5, 0.6) is 11.5 Å². The van der Waals surface area contributed by atoms with Crippen LogP contribution in [0.1, 0.15) is 48.6 Å². The summed E-state index contributed by atoms with van der Waals surface area (Å²) in [5.41, 5.74) is 6.47. The molecular weight excluding hydrogens is 260 g/mol. The summed E-state index contributed by atoms with van der Waals surface area (Å²) in [5, 5.41) is 10.8. The maximum atomic E-state index is 10.8. The van der Waals surface area contributed by atoms with Crippen LogP contribution in [0.15, 0.2) is 24.3 Å². The zero-order valence-corrected chi connectivity index (χ0v) is 13.2. The zero-order chi connectivity index (χ0) is 15.1. The predicted octanol–water partition coefficient (Wildman–Crippen LogP) is 5.08. The van der Waals surface area contributed by atoms with E-state index in [9.17, 15) is 5.11 Å². The van der Waals surface area contributed by atoms with Crippen LogP contribution < -0.4 is 4.74 Å². The van der Waals surface area contributed by atoms with Crippen molar-refractivity contribution in [3.63, 3.8) is 0 Å². The Labute approximate surface area is 126 Å². The first-order chi connectivity index (χ1) is 10.1. The smallest absolute Gasteiger partial charge is 0.134 e. The summed E-state index contributed by atoms with van der Waals surface area (Å²) >= 11 is 0. The highest BCUT2D eigenvalue weighted by Crippen LogP contribution is 2.51. The molecule has 0 aromatic heterocycles. The minimum atomic E-state index is 0.0169. The van der Waals surface area contributed by atoms with Crippen LogP contribution in [0.2, 0.25) is 0 Å². The van der Waals surface area contributed by atoms with Crippen molar-refractivity contribution >= 4 is 0 Å². The van der Waals surface area contributed by atoms with Gasteiger partial charge in [0.1, 0.15) is 17.6 Å². The van der Waals surface area contributed by atoms with Gasteiger partial charge in [-0.3, -0.25) is 0 Å². The summed E-state index contributed by atoms with van der Waals surface area (Å²) in [4.78, 5) is 0. The largest absolute Gasteiger partial charge is 0.507 e. The summed E-state index contributed by atoms with van der Waals surface area (Å²) in [6.07, 6.45) is 1.93. The van der Waals surface area contributed by atoms with E-state index >= 15 is 0 Å². The van der Waals surface area contributed by atoms with Crippen LogP contribution in [-0.4, -0.2) is 5.11 Å². The third-order valence-corrected chi connectivity index (χ3v) is 4.57. The maximum absolute atomic E-state index is 10.8. The third kappa shape index (κ3) is 2.01. The Morgan fingerprint density at radius 3 is 2.57 bits per heavy atom. The molecule has 3 rings (SSSR count). The van der Waals surface area contributed by atoms with Gasteiger partial charge in [-0.1, -0.05) is 37.6 Å². The summed E-state index contributed by atoms with van der Waals surface area (Å²) in [6.45, 7) is 8.37. The molecule has 1 unspecified atom stereocenters. The fraction of sp³-hybridized carbons (Fsp3) is 0.368. The van der Waals surface area contributed by atoms with Crippen molar-refractivity contribution in [2.24, 2.45) is 0 Å². The second-order valence-corrected chi connectivity index (χ2v) is 5.88. The molecule has 2 aromatic carbocycles. The molecule has 0 aliphatic carbocycles. The fourth-order valence-corrected chi connectivity index (χ4v) is 3.29. The lowest BCUT2D eigenvalue weighted by Gasteiger charge is -2.30. The van der Waals surface area contributed by atoms with Crippen LogP contribution in [0.3, 0.4) is 0 Å². The highest BCUT2D eigenvalue weighted by molar-refractivity contribution is 5.84. The van der Waals surface area contributed by atoms with Crippen molar-refractivity contribution in [2.75, 3.05) is 0 Å². The number of fused-ring (bicyclic) bond motifs is 3. The van der Waals surface area contributed by atoms with E-state index in [1.165, 1.54) is 0 Å². The van der Waals surface area contributed by atoms with E-state index in [-0.39, 0.29) is 6.10 Å². The van der Waals surface area contributed by atoms with Gasteiger partial charge in [-0.25, -0.2) is 0 Å². The fourth-order valence-electron chi connectivity index (χ4n) is 3.29. The van der Waals surface area contributed by atoms with Gasteiger partial charge in [0.2, 0.25) is 0 Å². The first-order valence-corrected chi connectivity index (χ1v) is 7.67. The molecule has 1 aliphatic rings. The van der Waals surface area contributed by atoms with Crippen LogP contribution in [0.25, 0.3) is 11.1 Å². The van der Waals surface area contributed by atoms with E-state index in [0.29, 0.717) is 5.75 Å². The lowest BCUT2D eigenvalue weighted by Crippen LogP contribution is -2.13. The summed E-state index contributed by atoms with van der Waals surface area (Å²) < 4.78 is 6.12. The second kappa shape index (κ2) is 5.10. The maximum Gasteiger partial charge on any atom is 0.134 e. The first-order valence-electron chi connectivity index (χ1n) is 7.67. The summed E-state index contributed by atoms with van der Waals surface area (Å²) in [6, 6.07) is 8.21. The predicted molar refractivity (Wildman–Crippen MR) is 86.1 cm³/mol. The Balaban J connectivity index is 2.35. The van der Waals surface area contributed by atoms with Gasteiger partial charge in [-0.15, -0.1) is 0 Å². The summed E-state index contributed by atoms with van der Waals surface area (Å²) in [5.74, 6) is 1.24. The van der Waals surface area contributed by atoms with E-state index < -0.39 is 0 Å². The van der Waals surface area contributed by atoms with Crippen molar-refractivity contribution in [1.82, 2.24) is 0 Å². The van der Waals surface area contributed by atoms with E-state index in [0.717, 1.165) is 52.0 Å². The van der Waals surface area contributed by atoms with E-state index in [4.69, 9.17) is 4.74 Å². The lowest BCUT2D eigenvalue weighted by molar-refractivity contribution is 0.220. The number of phenolic OH excluding ortho intramolecular Hbond substituents is 1. The molecular formula is C19H22O2. The zero-order valence-electron chi connectivity index (χ0n) is 13.2. The Morgan fingerprint density at radius 2 is 1.86 bits per heavy atom. The average Bonchev–Trinajstić information content (AvgIpc) is 2.49. The molecule has 1 N–H and O–H groups in total. The Morgan fingerprint density at radius 1 is 1.14 bits per heavy atom. The highest BCUT2D eigenvalue weighted by Gasteiger charge is 2.29. The molecule has 2 nitrogen and oxygen atoms in total. The van der Waals surface area contributed by atoms with Gasteiger partial charge in [0.15, 0.2) is 0 Å². The van der Waals surface area contributed by atoms with E-state index in [1.54, 1.807) is 0 Å². The lowest BCUT2D eigenvalue weighted by atomic mass is 9.86. The van der Waals surface area contributed by atoms with Crippen LogP contribution in [0.4, 0.5) is 0 Å². The summed E-state index contributed by atoms with van der Waals surface area (Å²) in [7, 11) is 0. The molecule has 0 amide bonds. The van der Waals surface area contributed by atoms with Crippen LogP contribution >= 0.6 is 0 Å². The van der Waals surface area contributed by atoms with Gasteiger partial charge in [0.05, 0.1) is 5.56 Å². The molecule has 21 heavy (non-hydrogen) atoms. The van der Waals surface area contributed by atoms with Gasteiger partial charge >= 0.3 is 0 Å². The molecule has 110 valence electrons. The first kappa shape index (κ1) is 14.0. The van der Waals surface area contributed by atoms with Gasteiger partial charge in [-0.05, 0) is 49.4 Å². The normalized spacial score (nSPS) is 16.1. The topological polar surface area (TPSA) is 29.5 Å². The minimum Gasteiger partial charge on any atom is -0.507 e. The Hall–Kier alpha value is -1.96. The highest BCUT2D eigenvalue weighted by atomic mass is 16.5. The average molecular weight is 282 g/mol. The SMILES string of the molecule is CCCc1c(C)c(C)c2c(c1O)-c1ccccc1C(C)O2. The number of hydrogen-bond donors (Lipinski definition) is 1. The van der Waals surface area contributed by atoms with Gasteiger partial charge in [0, 0.05) is 5.56 Å². The number of ether oxygens (including phenoxy) is 1. The minimum absolute atomic E-state index is 0.0169. The molecule has 2 aromatic rings. The molecule has 0 saturated heterocycles. The standard InChI is InChI=1S/C19H22O2/c1-5-8-14-11(2)12(3)19-17(18(14)20)16-10-7-6-9-15(16)13(4)21-19/h6-7,9-10,13,20H,5,8H2,1-4H3. The Bertz CT molecular complexity index is 701. The number of benzene rings is 2. The molecule has 0 saturated carbocycles. The van der Waals surface area contributed by atoms with Crippen LogP contribution in [-0.2, 0) is 6.42 Å². The molecule has 0 bridgehead atoms. The van der Waals surface area contributed by atoms with E-state index in [2.05, 4.69) is 39.8 Å². The quantitative estimate of drug-likeness (QED) is 0.832. The number of rotatable bonds is 2. The number of phenols is 1. The van der Waals surface area contributed by atoms with Gasteiger partial charge in [-0.2, -0.15) is 0 Å². The van der Waals surface area contributed by atoms with Crippen molar-refractivity contribution in [1.29, 1.82) is 0 Å². The molecule has 1 aliphatic heterocycles. The molecule has 2 heteroatoms. The van der Waals surface area contributed by atoms with Crippen molar-refractivity contribution in [3.05, 3.63) is 46.5 Å². The van der Waals surface area contributed by atoms with Crippen molar-refractivity contribution in [2.45, 2.75) is 46.6 Å². The van der Waals surface area contributed by atoms with E-state index in [1.807, 2.05) is 12.1 Å². The van der Waals surface area contributed by atoms with Crippen LogP contribution in [0, 0.1) is 13.8 Å². The number of aromatic hydroxyl groups is 1. The second-order valence-electron chi connectivity index (χ2n) is 5.88. The number of hydrogen-bond acceptors (Lipinski definition) is 2. The van der Waals surface area contributed by atoms with Crippen molar-refractivity contribution in [3.8, 4) is 22.6 Å². The Kier molecular flexibility index (Phi) is 3.40. The molecule has 0 radical (unpaired) electrons. The molecule has 0 fully saturated rings. The molecule has 1 heterocycles.